The van der Waals surface area contributed by atoms with Crippen LogP contribution < -0.4 is 5.32 Å². The molecule has 1 aromatic carbocycles. The lowest BCUT2D eigenvalue weighted by Gasteiger charge is -2.10. The van der Waals surface area contributed by atoms with Crippen LogP contribution in [0.15, 0.2) is 24.4 Å². The molecule has 0 aliphatic carbocycles. The van der Waals surface area contributed by atoms with Crippen molar-refractivity contribution in [2.45, 2.75) is 25.4 Å². The summed E-state index contributed by atoms with van der Waals surface area (Å²) < 4.78 is 15.0. The number of nitrogens with zero attached hydrogens (tertiary/aromatic N) is 2. The van der Waals surface area contributed by atoms with Crippen LogP contribution in [0.3, 0.4) is 0 Å². The average Bonchev–Trinajstić information content (AvgIpc) is 2.90. The third kappa shape index (κ3) is 2.42. The number of nitrogens with one attached hydrogen (secondary N) is 1. The predicted molar refractivity (Wildman–Crippen MR) is 68.0 cm³/mol. The Labute approximate surface area is 105 Å². The molecule has 2 aromatic rings. The fourth-order valence-electron chi connectivity index (χ4n) is 2.31. The van der Waals surface area contributed by atoms with Gasteiger partial charge in [-0.25, -0.2) is 4.39 Å². The molecule has 0 bridgehead atoms. The Morgan fingerprint density at radius 1 is 1.47 bits per heavy atom. The maximum atomic E-state index is 13.2. The summed E-state index contributed by atoms with van der Waals surface area (Å²) in [6, 6.07) is 5.28. The molecule has 1 N–H and O–H groups in total. The van der Waals surface area contributed by atoms with E-state index in [9.17, 15) is 4.39 Å². The van der Waals surface area contributed by atoms with Crippen LogP contribution in [0, 0.1) is 5.82 Å². The van der Waals surface area contributed by atoms with E-state index >= 15 is 0 Å². The second-order valence-corrected chi connectivity index (χ2v) is 4.32. The number of aromatic nitrogens is 2. The van der Waals surface area contributed by atoms with Crippen LogP contribution in [-0.2, 0) is 6.54 Å². The fourth-order valence-corrected chi connectivity index (χ4v) is 2.31. The molecule has 0 amide bonds. The highest BCUT2D eigenvalue weighted by Gasteiger charge is 2.15. The molecule has 1 atom stereocenters. The van der Waals surface area contributed by atoms with Crippen LogP contribution in [0.2, 0.25) is 0 Å². The van der Waals surface area contributed by atoms with E-state index in [1.807, 2.05) is 4.68 Å². The molecule has 0 spiro atoms. The molecule has 0 radical (unpaired) electrons. The quantitative estimate of drug-likeness (QED) is 0.893. The van der Waals surface area contributed by atoms with Crippen molar-refractivity contribution >= 4 is 23.3 Å². The average molecular weight is 256 g/mol. The zero-order valence-electron chi connectivity index (χ0n) is 9.40. The summed E-state index contributed by atoms with van der Waals surface area (Å²) in [6.07, 6.45) is 4.19. The van der Waals surface area contributed by atoms with Gasteiger partial charge in [0.25, 0.3) is 0 Å². The Morgan fingerprint density at radius 2 is 2.35 bits per heavy atom. The zero-order valence-corrected chi connectivity index (χ0v) is 10.2. The Balaban J connectivity index is 0.00000108. The smallest absolute Gasteiger partial charge is 0.125 e. The van der Waals surface area contributed by atoms with E-state index in [1.165, 1.54) is 18.9 Å². The van der Waals surface area contributed by atoms with E-state index in [-0.39, 0.29) is 18.2 Å². The lowest BCUT2D eigenvalue weighted by molar-refractivity contribution is 0.485. The summed E-state index contributed by atoms with van der Waals surface area (Å²) in [5.74, 6) is -0.200. The molecule has 92 valence electrons. The van der Waals surface area contributed by atoms with Crippen LogP contribution in [0.5, 0.6) is 0 Å². The topological polar surface area (TPSA) is 29.9 Å². The molecular weight excluding hydrogens is 241 g/mol. The second kappa shape index (κ2) is 5.02. The Hall–Kier alpha value is -1.13. The maximum Gasteiger partial charge on any atom is 0.125 e. The summed E-state index contributed by atoms with van der Waals surface area (Å²) in [5.41, 5.74) is 0.883. The maximum absolute atomic E-state index is 13.2. The molecule has 3 rings (SSSR count). The van der Waals surface area contributed by atoms with Gasteiger partial charge < -0.3 is 5.32 Å². The lowest BCUT2D eigenvalue weighted by atomic mass is 10.2. The minimum Gasteiger partial charge on any atom is -0.312 e. The van der Waals surface area contributed by atoms with Crippen molar-refractivity contribution < 1.29 is 4.39 Å². The standard InChI is InChI=1S/C12H14FN3.ClH/c13-10-4-3-9-7-15-16(12(9)6-10)8-11-2-1-5-14-11;/h3-4,6-7,11,14H,1-2,5,8H2;1H. The molecule has 5 heteroatoms. The largest absolute Gasteiger partial charge is 0.312 e. The third-order valence-electron chi connectivity index (χ3n) is 3.16. The predicted octanol–water partition coefficient (Wildman–Crippen LogP) is 2.35. The Morgan fingerprint density at radius 3 is 3.12 bits per heavy atom. The SMILES string of the molecule is Cl.Fc1ccc2cnn(CC3CCCN3)c2c1. The highest BCUT2D eigenvalue weighted by molar-refractivity contribution is 5.85. The van der Waals surface area contributed by atoms with Crippen molar-refractivity contribution in [3.63, 3.8) is 0 Å². The highest BCUT2D eigenvalue weighted by Crippen LogP contribution is 2.16. The van der Waals surface area contributed by atoms with Gasteiger partial charge in [0.1, 0.15) is 5.82 Å². The molecule has 1 unspecified atom stereocenters. The van der Waals surface area contributed by atoms with Gasteiger partial charge in [0.05, 0.1) is 18.3 Å². The molecule has 1 aliphatic heterocycles. The van der Waals surface area contributed by atoms with Crippen molar-refractivity contribution in [1.82, 2.24) is 15.1 Å². The molecule has 2 heterocycles. The van der Waals surface area contributed by atoms with E-state index in [4.69, 9.17) is 0 Å². The zero-order chi connectivity index (χ0) is 11.0. The first-order valence-corrected chi connectivity index (χ1v) is 5.67. The molecule has 3 nitrogen and oxygen atoms in total. The first-order valence-electron chi connectivity index (χ1n) is 5.67. The van der Waals surface area contributed by atoms with Crippen LogP contribution in [-0.4, -0.2) is 22.4 Å². The molecular formula is C12H15ClFN3. The number of hydrogen-bond donors (Lipinski definition) is 1. The van der Waals surface area contributed by atoms with Crippen molar-refractivity contribution in [2.75, 3.05) is 6.54 Å². The number of rotatable bonds is 2. The van der Waals surface area contributed by atoms with Crippen molar-refractivity contribution in [3.05, 3.63) is 30.2 Å². The van der Waals surface area contributed by atoms with Crippen molar-refractivity contribution in [3.8, 4) is 0 Å². The van der Waals surface area contributed by atoms with E-state index in [0.717, 1.165) is 24.0 Å². The van der Waals surface area contributed by atoms with Gasteiger partial charge in [-0.3, -0.25) is 4.68 Å². The summed E-state index contributed by atoms with van der Waals surface area (Å²) in [4.78, 5) is 0. The van der Waals surface area contributed by atoms with Gasteiger partial charge in [-0.2, -0.15) is 5.10 Å². The second-order valence-electron chi connectivity index (χ2n) is 4.32. The van der Waals surface area contributed by atoms with Crippen LogP contribution in [0.1, 0.15) is 12.8 Å². The normalized spacial score (nSPS) is 19.5. The van der Waals surface area contributed by atoms with Crippen LogP contribution in [0.4, 0.5) is 4.39 Å². The van der Waals surface area contributed by atoms with Crippen molar-refractivity contribution in [1.29, 1.82) is 0 Å². The lowest BCUT2D eigenvalue weighted by Crippen LogP contribution is -2.27. The van der Waals surface area contributed by atoms with Gasteiger partial charge in [-0.15, -0.1) is 12.4 Å². The number of fused-ring (bicyclic) bond motifs is 1. The number of halogens is 2. The van der Waals surface area contributed by atoms with E-state index in [2.05, 4.69) is 10.4 Å². The number of hydrogen-bond acceptors (Lipinski definition) is 2. The summed E-state index contributed by atoms with van der Waals surface area (Å²) in [5, 5.41) is 8.73. The van der Waals surface area contributed by atoms with Gasteiger partial charge in [-0.1, -0.05) is 0 Å². The summed E-state index contributed by atoms with van der Waals surface area (Å²) in [6.45, 7) is 1.91. The Kier molecular flexibility index (Phi) is 3.64. The van der Waals surface area contributed by atoms with Gasteiger partial charge in [-0.05, 0) is 37.6 Å². The molecule has 1 aliphatic rings. The molecule has 1 fully saturated rings. The van der Waals surface area contributed by atoms with E-state index in [0.29, 0.717) is 6.04 Å². The van der Waals surface area contributed by atoms with Gasteiger partial charge in [0, 0.05) is 11.4 Å². The van der Waals surface area contributed by atoms with Gasteiger partial charge >= 0.3 is 0 Å². The summed E-state index contributed by atoms with van der Waals surface area (Å²) >= 11 is 0. The molecule has 0 saturated carbocycles. The summed E-state index contributed by atoms with van der Waals surface area (Å²) in [7, 11) is 0. The molecule has 1 saturated heterocycles. The van der Waals surface area contributed by atoms with E-state index in [1.54, 1.807) is 18.3 Å². The molecule has 1 aromatic heterocycles. The first-order chi connectivity index (χ1) is 7.83. The first kappa shape index (κ1) is 12.3. The minimum atomic E-state index is -0.200. The monoisotopic (exact) mass is 255 g/mol. The number of benzene rings is 1. The fraction of sp³-hybridized carbons (Fsp3) is 0.417. The van der Waals surface area contributed by atoms with Crippen molar-refractivity contribution in [2.24, 2.45) is 0 Å². The third-order valence-corrected chi connectivity index (χ3v) is 3.16. The van der Waals surface area contributed by atoms with Crippen LogP contribution >= 0.6 is 12.4 Å². The van der Waals surface area contributed by atoms with Gasteiger partial charge in [0.2, 0.25) is 0 Å². The van der Waals surface area contributed by atoms with E-state index < -0.39 is 0 Å². The minimum absolute atomic E-state index is 0. The highest BCUT2D eigenvalue weighted by atomic mass is 35.5. The molecule has 17 heavy (non-hydrogen) atoms. The van der Waals surface area contributed by atoms with Crippen LogP contribution in [0.25, 0.3) is 10.9 Å². The van der Waals surface area contributed by atoms with Gasteiger partial charge in [0.15, 0.2) is 0 Å². The Bertz CT molecular complexity index is 505.